The maximum absolute atomic E-state index is 13.9. The van der Waals surface area contributed by atoms with Gasteiger partial charge in [0.25, 0.3) is 0 Å². The fourth-order valence-electron chi connectivity index (χ4n) is 4.17. The number of fused-ring (bicyclic) bond motifs is 1. The fourth-order valence-corrected chi connectivity index (χ4v) is 4.17. The molecule has 1 aromatic carbocycles. The van der Waals surface area contributed by atoms with E-state index in [1.54, 1.807) is 6.07 Å². The molecule has 182 valence electrons. The largest absolute Gasteiger partial charge is 0.492 e. The lowest BCUT2D eigenvalue weighted by Gasteiger charge is -2.30. The highest BCUT2D eigenvalue weighted by atomic mass is 19.4. The number of ether oxygens (including phenoxy) is 2. The number of H-pyrrole nitrogens is 1. The van der Waals surface area contributed by atoms with Gasteiger partial charge in [0.1, 0.15) is 5.56 Å². The maximum Gasteiger partial charge on any atom is 0.419 e. The molecule has 3 aromatic rings. The van der Waals surface area contributed by atoms with Crippen LogP contribution in [0.4, 0.5) is 29.6 Å². The van der Waals surface area contributed by atoms with Crippen molar-refractivity contribution in [3.8, 4) is 17.0 Å². The van der Waals surface area contributed by atoms with Crippen LogP contribution in [0.25, 0.3) is 22.2 Å². The van der Waals surface area contributed by atoms with Crippen molar-refractivity contribution in [3.63, 3.8) is 0 Å². The molecule has 0 spiro atoms. The van der Waals surface area contributed by atoms with E-state index in [0.29, 0.717) is 16.6 Å². The third-order valence-corrected chi connectivity index (χ3v) is 5.74. The Hall–Kier alpha value is -3.54. The summed E-state index contributed by atoms with van der Waals surface area (Å²) in [6.07, 6.45) is -1.26. The number of rotatable bonds is 5. The third-order valence-electron chi connectivity index (χ3n) is 5.74. The molecular weight excluding hydrogens is 453 g/mol. The van der Waals surface area contributed by atoms with Gasteiger partial charge in [-0.25, -0.2) is 14.8 Å². The third kappa shape index (κ3) is 4.72. The van der Waals surface area contributed by atoms with Gasteiger partial charge >= 0.3 is 12.3 Å². The van der Waals surface area contributed by atoms with Gasteiger partial charge in [-0.15, -0.1) is 0 Å². The lowest BCUT2D eigenvalue weighted by atomic mass is 10.0. The molecule has 1 atom stereocenters. The second-order valence-electron chi connectivity index (χ2n) is 8.09. The Morgan fingerprint density at radius 3 is 2.76 bits per heavy atom. The summed E-state index contributed by atoms with van der Waals surface area (Å²) in [7, 11) is 4.61. The molecule has 1 aliphatic heterocycles. The minimum atomic E-state index is -4.65. The Morgan fingerprint density at radius 1 is 1.29 bits per heavy atom. The van der Waals surface area contributed by atoms with Gasteiger partial charge in [0.2, 0.25) is 5.95 Å². The zero-order chi connectivity index (χ0) is 24.5. The van der Waals surface area contributed by atoms with Crippen LogP contribution in [-0.4, -0.2) is 66.3 Å². The van der Waals surface area contributed by atoms with Crippen LogP contribution >= 0.6 is 0 Å². The van der Waals surface area contributed by atoms with E-state index >= 15 is 0 Å². The number of piperidine rings is 1. The first kappa shape index (κ1) is 23.6. The molecule has 34 heavy (non-hydrogen) atoms. The fraction of sp³-hybridized carbons (Fsp3) is 0.409. The molecule has 1 amide bonds. The van der Waals surface area contributed by atoms with Gasteiger partial charge in [-0.2, -0.15) is 13.2 Å². The highest BCUT2D eigenvalue weighted by molar-refractivity contribution is 6.03. The molecule has 3 heterocycles. The maximum atomic E-state index is 13.9. The van der Waals surface area contributed by atoms with Gasteiger partial charge in [-0.05, 0) is 38.6 Å². The molecule has 0 saturated carbocycles. The minimum Gasteiger partial charge on any atom is -0.492 e. The Labute approximate surface area is 193 Å². The van der Waals surface area contributed by atoms with Gasteiger partial charge < -0.3 is 24.7 Å². The van der Waals surface area contributed by atoms with Crippen LogP contribution in [0.1, 0.15) is 18.4 Å². The molecule has 9 nitrogen and oxygen atoms in total. The number of methoxy groups -OCH3 is 2. The van der Waals surface area contributed by atoms with Gasteiger partial charge in [0.05, 0.1) is 31.1 Å². The van der Waals surface area contributed by atoms with E-state index in [0.717, 1.165) is 32.1 Å². The number of carbonyl (C=O) groups is 1. The lowest BCUT2D eigenvalue weighted by Crippen LogP contribution is -2.40. The summed E-state index contributed by atoms with van der Waals surface area (Å²) in [4.78, 5) is 25.0. The van der Waals surface area contributed by atoms with Crippen molar-refractivity contribution >= 4 is 28.6 Å². The lowest BCUT2D eigenvalue weighted by molar-refractivity contribution is -0.137. The Balaban J connectivity index is 1.78. The van der Waals surface area contributed by atoms with Crippen LogP contribution in [0.15, 0.2) is 24.5 Å². The summed E-state index contributed by atoms with van der Waals surface area (Å²) >= 11 is 0. The summed E-state index contributed by atoms with van der Waals surface area (Å²) in [5, 5.41) is 6.14. The topological polar surface area (TPSA) is 104 Å². The van der Waals surface area contributed by atoms with Crippen LogP contribution in [0.5, 0.6) is 5.75 Å². The summed E-state index contributed by atoms with van der Waals surface area (Å²) < 4.78 is 51.6. The van der Waals surface area contributed by atoms with Gasteiger partial charge in [0.15, 0.2) is 5.75 Å². The summed E-state index contributed by atoms with van der Waals surface area (Å²) in [6.45, 7) is 1.72. The number of aromatic nitrogens is 3. The van der Waals surface area contributed by atoms with Crippen molar-refractivity contribution in [2.45, 2.75) is 25.1 Å². The van der Waals surface area contributed by atoms with E-state index in [1.807, 2.05) is 7.05 Å². The number of likely N-dealkylation sites (tertiary alicyclic amines) is 1. The Bertz CT molecular complexity index is 1200. The monoisotopic (exact) mass is 478 g/mol. The minimum absolute atomic E-state index is 0.0401. The number of amides is 1. The first-order valence-electron chi connectivity index (χ1n) is 10.6. The standard InChI is InChI=1S/C22H25F3N6O3/c1-31-8-4-5-12(11-31)28-20-27-10-15(22(23,24)25)17(30-20)14-9-26-18-13(14)6-7-16(19(18)33-2)29-21(32)34-3/h6-7,9-10,12,26H,4-5,8,11H2,1-3H3,(H,29,32)(H,27,28,30)/t12-/m0/s1. The van der Waals surface area contributed by atoms with Crippen molar-refractivity contribution in [2.75, 3.05) is 45.0 Å². The molecule has 2 aromatic heterocycles. The molecule has 0 radical (unpaired) electrons. The van der Waals surface area contributed by atoms with Crippen molar-refractivity contribution < 1.29 is 27.4 Å². The van der Waals surface area contributed by atoms with Crippen molar-refractivity contribution in [1.82, 2.24) is 19.9 Å². The zero-order valence-electron chi connectivity index (χ0n) is 18.9. The van der Waals surface area contributed by atoms with E-state index in [9.17, 15) is 18.0 Å². The Morgan fingerprint density at radius 2 is 2.09 bits per heavy atom. The molecule has 0 bridgehead atoms. The number of alkyl halides is 3. The normalized spacial score (nSPS) is 16.9. The summed E-state index contributed by atoms with van der Waals surface area (Å²) in [5.41, 5.74) is -0.262. The number of aromatic amines is 1. The number of nitrogens with one attached hydrogen (secondary N) is 3. The van der Waals surface area contributed by atoms with E-state index in [1.165, 1.54) is 26.5 Å². The highest BCUT2D eigenvalue weighted by Crippen LogP contribution is 2.42. The average Bonchev–Trinajstić information content (AvgIpc) is 3.22. The van der Waals surface area contributed by atoms with Crippen molar-refractivity contribution in [3.05, 3.63) is 30.1 Å². The summed E-state index contributed by atoms with van der Waals surface area (Å²) in [6, 6.07) is 3.15. The van der Waals surface area contributed by atoms with Crippen molar-refractivity contribution in [2.24, 2.45) is 0 Å². The van der Waals surface area contributed by atoms with Gasteiger partial charge in [0, 0.05) is 35.9 Å². The number of hydrogen-bond acceptors (Lipinski definition) is 7. The zero-order valence-corrected chi connectivity index (χ0v) is 18.9. The molecule has 1 saturated heterocycles. The quantitative estimate of drug-likeness (QED) is 0.501. The summed E-state index contributed by atoms with van der Waals surface area (Å²) in [5.74, 6) is 0.383. The predicted octanol–water partition coefficient (Wildman–Crippen LogP) is 4.34. The highest BCUT2D eigenvalue weighted by Gasteiger charge is 2.36. The van der Waals surface area contributed by atoms with Crippen LogP contribution in [0.2, 0.25) is 0 Å². The van der Waals surface area contributed by atoms with Crippen LogP contribution in [0.3, 0.4) is 0 Å². The second kappa shape index (κ2) is 9.37. The average molecular weight is 478 g/mol. The first-order valence-corrected chi connectivity index (χ1v) is 10.6. The number of nitrogens with zero attached hydrogens (tertiary/aromatic N) is 3. The van der Waals surface area contributed by atoms with Gasteiger partial charge in [-0.1, -0.05) is 0 Å². The van der Waals surface area contributed by atoms with Crippen LogP contribution in [-0.2, 0) is 10.9 Å². The van der Waals surface area contributed by atoms with E-state index in [-0.39, 0.29) is 29.0 Å². The number of likely N-dealkylation sites (N-methyl/N-ethyl adjacent to an activating group) is 1. The molecule has 4 rings (SSSR count). The van der Waals surface area contributed by atoms with Crippen LogP contribution in [0, 0.1) is 0 Å². The predicted molar refractivity (Wildman–Crippen MR) is 121 cm³/mol. The van der Waals surface area contributed by atoms with E-state index < -0.39 is 17.8 Å². The second-order valence-corrected chi connectivity index (χ2v) is 8.09. The number of benzene rings is 1. The van der Waals surface area contributed by atoms with Crippen molar-refractivity contribution in [1.29, 1.82) is 0 Å². The number of anilines is 2. The molecular formula is C22H25F3N6O3. The molecule has 0 unspecified atom stereocenters. The first-order chi connectivity index (χ1) is 16.2. The smallest absolute Gasteiger partial charge is 0.419 e. The molecule has 3 N–H and O–H groups in total. The number of carbonyl (C=O) groups excluding carboxylic acids is 1. The molecule has 1 aliphatic rings. The Kier molecular flexibility index (Phi) is 6.51. The number of halogens is 3. The molecule has 0 aliphatic carbocycles. The molecule has 12 heteroatoms. The van der Waals surface area contributed by atoms with Crippen LogP contribution < -0.4 is 15.4 Å². The molecule has 1 fully saturated rings. The van der Waals surface area contributed by atoms with E-state index in [2.05, 4.69) is 35.2 Å². The SMILES string of the molecule is COC(=O)Nc1ccc2c(-c3nc(N[C@H]4CCCN(C)C4)ncc3C(F)(F)F)c[nH]c2c1OC. The van der Waals surface area contributed by atoms with Gasteiger partial charge in [-0.3, -0.25) is 5.32 Å². The number of hydrogen-bond donors (Lipinski definition) is 3. The van der Waals surface area contributed by atoms with E-state index in [4.69, 9.17) is 4.74 Å².